The number of aromatic nitrogens is 1. The monoisotopic (exact) mass is 248 g/mol. The second-order valence-corrected chi connectivity index (χ2v) is 4.60. The van der Waals surface area contributed by atoms with E-state index in [1.54, 1.807) is 12.1 Å². The van der Waals surface area contributed by atoms with Crippen LogP contribution in [-0.2, 0) is 13.1 Å². The first kappa shape index (κ1) is 12.8. The Kier molecular flexibility index (Phi) is 3.77. The van der Waals surface area contributed by atoms with Gasteiger partial charge in [-0.15, -0.1) is 0 Å². The number of nitrogens with zero attached hydrogens (tertiary/aromatic N) is 2. The number of aryl methyl sites for hydroxylation is 2. The smallest absolute Gasteiger partial charge is 0.138 e. The van der Waals surface area contributed by atoms with E-state index in [2.05, 4.69) is 10.1 Å². The minimum Gasteiger partial charge on any atom is -0.361 e. The maximum absolute atomic E-state index is 12.8. The molecule has 4 heteroatoms. The molecule has 0 amide bonds. The summed E-state index contributed by atoms with van der Waals surface area (Å²) < 4.78 is 17.9. The Morgan fingerprint density at radius 1 is 1.17 bits per heavy atom. The summed E-state index contributed by atoms with van der Waals surface area (Å²) in [5.41, 5.74) is 3.14. The third-order valence-corrected chi connectivity index (χ3v) is 2.97. The van der Waals surface area contributed by atoms with Crippen molar-refractivity contribution in [3.63, 3.8) is 0 Å². The van der Waals surface area contributed by atoms with Crippen LogP contribution in [0, 0.1) is 19.7 Å². The van der Waals surface area contributed by atoms with E-state index in [-0.39, 0.29) is 5.82 Å². The van der Waals surface area contributed by atoms with Crippen molar-refractivity contribution in [3.05, 3.63) is 52.7 Å². The molecule has 0 aliphatic rings. The van der Waals surface area contributed by atoms with Crippen LogP contribution in [0.2, 0.25) is 0 Å². The number of halogens is 1. The second-order valence-electron chi connectivity index (χ2n) is 4.60. The predicted octanol–water partition coefficient (Wildman–Crippen LogP) is 3.06. The highest BCUT2D eigenvalue weighted by Gasteiger charge is 2.11. The van der Waals surface area contributed by atoms with E-state index < -0.39 is 0 Å². The van der Waals surface area contributed by atoms with Crippen molar-refractivity contribution < 1.29 is 8.91 Å². The SMILES string of the molecule is Cc1noc(C)c1CN(C)Cc1ccc(F)cc1. The number of rotatable bonds is 4. The maximum Gasteiger partial charge on any atom is 0.138 e. The Morgan fingerprint density at radius 3 is 2.39 bits per heavy atom. The lowest BCUT2D eigenvalue weighted by atomic mass is 10.1. The van der Waals surface area contributed by atoms with Crippen molar-refractivity contribution in [2.24, 2.45) is 0 Å². The van der Waals surface area contributed by atoms with Gasteiger partial charge in [-0.25, -0.2) is 4.39 Å². The summed E-state index contributed by atoms with van der Waals surface area (Å²) in [6, 6.07) is 6.58. The first-order chi connectivity index (χ1) is 8.56. The van der Waals surface area contributed by atoms with Crippen LogP contribution in [0.3, 0.4) is 0 Å². The van der Waals surface area contributed by atoms with Crippen molar-refractivity contribution in [1.29, 1.82) is 0 Å². The van der Waals surface area contributed by atoms with Gasteiger partial charge in [0.15, 0.2) is 0 Å². The Hall–Kier alpha value is -1.68. The van der Waals surface area contributed by atoms with Crippen molar-refractivity contribution in [3.8, 4) is 0 Å². The molecule has 3 nitrogen and oxygen atoms in total. The molecule has 1 aromatic heterocycles. The van der Waals surface area contributed by atoms with Gasteiger partial charge < -0.3 is 4.52 Å². The molecule has 1 heterocycles. The molecule has 0 aliphatic carbocycles. The Balaban J connectivity index is 2.01. The van der Waals surface area contributed by atoms with Crippen LogP contribution in [0.25, 0.3) is 0 Å². The predicted molar refractivity (Wildman–Crippen MR) is 67.5 cm³/mol. The van der Waals surface area contributed by atoms with Gasteiger partial charge in [0.2, 0.25) is 0 Å². The van der Waals surface area contributed by atoms with Gasteiger partial charge >= 0.3 is 0 Å². The molecule has 0 saturated heterocycles. The lowest BCUT2D eigenvalue weighted by molar-refractivity contribution is 0.315. The fraction of sp³-hybridized carbons (Fsp3) is 0.357. The van der Waals surface area contributed by atoms with E-state index in [9.17, 15) is 4.39 Å². The fourth-order valence-electron chi connectivity index (χ4n) is 1.95. The van der Waals surface area contributed by atoms with Gasteiger partial charge in [0.25, 0.3) is 0 Å². The highest BCUT2D eigenvalue weighted by molar-refractivity contribution is 5.21. The van der Waals surface area contributed by atoms with Gasteiger partial charge in [-0.1, -0.05) is 17.3 Å². The molecule has 0 spiro atoms. The molecular weight excluding hydrogens is 231 g/mol. The first-order valence-corrected chi connectivity index (χ1v) is 5.91. The Bertz CT molecular complexity index is 500. The van der Waals surface area contributed by atoms with Crippen molar-refractivity contribution >= 4 is 0 Å². The molecule has 0 fully saturated rings. The summed E-state index contributed by atoms with van der Waals surface area (Å²) in [4.78, 5) is 2.15. The van der Waals surface area contributed by atoms with Crippen LogP contribution in [0.1, 0.15) is 22.6 Å². The van der Waals surface area contributed by atoms with E-state index >= 15 is 0 Å². The lowest BCUT2D eigenvalue weighted by Crippen LogP contribution is -2.18. The minimum absolute atomic E-state index is 0.202. The van der Waals surface area contributed by atoms with Gasteiger partial charge in [-0.3, -0.25) is 4.90 Å². The third-order valence-electron chi connectivity index (χ3n) is 2.97. The number of hydrogen-bond donors (Lipinski definition) is 0. The van der Waals surface area contributed by atoms with Gasteiger partial charge in [0.1, 0.15) is 11.6 Å². The first-order valence-electron chi connectivity index (χ1n) is 5.91. The molecule has 0 saturated carbocycles. The van der Waals surface area contributed by atoms with E-state index in [0.29, 0.717) is 0 Å². The Morgan fingerprint density at radius 2 is 1.83 bits per heavy atom. The summed E-state index contributed by atoms with van der Waals surface area (Å²) >= 11 is 0. The summed E-state index contributed by atoms with van der Waals surface area (Å²) in [6.45, 7) is 5.40. The summed E-state index contributed by atoms with van der Waals surface area (Å²) in [5, 5.41) is 3.94. The molecule has 0 N–H and O–H groups in total. The Labute approximate surface area is 106 Å². The van der Waals surface area contributed by atoms with Gasteiger partial charge in [0.05, 0.1) is 5.69 Å². The largest absolute Gasteiger partial charge is 0.361 e. The topological polar surface area (TPSA) is 29.3 Å². The van der Waals surface area contributed by atoms with E-state index in [0.717, 1.165) is 35.7 Å². The average molecular weight is 248 g/mol. The van der Waals surface area contributed by atoms with Gasteiger partial charge in [0, 0.05) is 18.7 Å². The van der Waals surface area contributed by atoms with Crippen LogP contribution >= 0.6 is 0 Å². The molecule has 96 valence electrons. The van der Waals surface area contributed by atoms with Crippen molar-refractivity contribution in [1.82, 2.24) is 10.1 Å². The molecule has 2 rings (SSSR count). The minimum atomic E-state index is -0.202. The molecule has 0 bridgehead atoms. The zero-order valence-corrected chi connectivity index (χ0v) is 10.9. The van der Waals surface area contributed by atoms with Crippen molar-refractivity contribution in [2.75, 3.05) is 7.05 Å². The van der Waals surface area contributed by atoms with Crippen LogP contribution in [0.4, 0.5) is 4.39 Å². The number of benzene rings is 1. The normalized spacial score (nSPS) is 11.2. The summed E-state index contributed by atoms with van der Waals surface area (Å²) in [6.07, 6.45) is 0. The zero-order chi connectivity index (χ0) is 13.1. The molecule has 0 radical (unpaired) electrons. The summed E-state index contributed by atoms with van der Waals surface area (Å²) in [5.74, 6) is 0.658. The fourth-order valence-corrected chi connectivity index (χ4v) is 1.95. The van der Waals surface area contributed by atoms with Crippen LogP contribution in [0.15, 0.2) is 28.8 Å². The molecule has 1 aromatic carbocycles. The number of hydrogen-bond acceptors (Lipinski definition) is 3. The average Bonchev–Trinajstić information content (AvgIpc) is 2.64. The molecule has 18 heavy (non-hydrogen) atoms. The third kappa shape index (κ3) is 2.96. The van der Waals surface area contributed by atoms with Crippen LogP contribution in [0.5, 0.6) is 0 Å². The molecule has 0 aliphatic heterocycles. The molecular formula is C14H17FN2O. The highest BCUT2D eigenvalue weighted by atomic mass is 19.1. The van der Waals surface area contributed by atoms with Crippen molar-refractivity contribution in [2.45, 2.75) is 26.9 Å². The molecule has 2 aromatic rings. The van der Waals surface area contributed by atoms with E-state index in [1.165, 1.54) is 12.1 Å². The van der Waals surface area contributed by atoms with E-state index in [4.69, 9.17) is 4.52 Å². The van der Waals surface area contributed by atoms with Gasteiger partial charge in [-0.05, 0) is 38.6 Å². The second kappa shape index (κ2) is 5.31. The quantitative estimate of drug-likeness (QED) is 0.832. The summed E-state index contributed by atoms with van der Waals surface area (Å²) in [7, 11) is 2.02. The van der Waals surface area contributed by atoms with Crippen LogP contribution < -0.4 is 0 Å². The zero-order valence-electron chi connectivity index (χ0n) is 10.9. The van der Waals surface area contributed by atoms with E-state index in [1.807, 2.05) is 20.9 Å². The van der Waals surface area contributed by atoms with Crippen LogP contribution in [-0.4, -0.2) is 17.1 Å². The lowest BCUT2D eigenvalue weighted by Gasteiger charge is -2.16. The van der Waals surface area contributed by atoms with Gasteiger partial charge in [-0.2, -0.15) is 0 Å². The maximum atomic E-state index is 12.8. The molecule has 0 unspecified atom stereocenters. The molecule has 0 atom stereocenters. The highest BCUT2D eigenvalue weighted by Crippen LogP contribution is 2.15. The standard InChI is InChI=1S/C14H17FN2O/c1-10-14(11(2)18-16-10)9-17(3)8-12-4-6-13(15)7-5-12/h4-7H,8-9H2,1-3H3.